The molecule has 0 unspecified atom stereocenters. The molecule has 4 aromatic heterocycles. The van der Waals surface area contributed by atoms with Crippen LogP contribution in [0.3, 0.4) is 0 Å². The average molecular weight is 1230 g/mol. The molecule has 2 saturated carbocycles. The standard InChI is InChI=1S/C63H78FN11O10S2/c1-39(2)45-12-26-86-57(45)54-37-70(36-41-27-55(82-4)59(67-34-41)72-21-24-83-25-22-72)19-20-73(54)43-31-63(32-43)15-17-71(18-16-63)42-5-7-46(51(28-42)74-50-11-23-84-38-56(50)85-61-53(74)30-47-48(64)35-66-58(47)68-61)60(76)69-87(80,81)44-6-8-49(52(29-44)75(78)79)65-33-40-9-13-62(3,77)14-10-40/h5-8,12,26-30,34-35,39-40,43,50,54,56,65,77H,9-11,13-25,31-33,36-38H2,1-4H3,(H,66,68)(H,69,76)/t40-,50-,54-,56-,62-/m0/s1. The highest BCUT2D eigenvalue weighted by Gasteiger charge is 2.51. The van der Waals surface area contributed by atoms with Crippen molar-refractivity contribution in [3.05, 3.63) is 110 Å². The lowest BCUT2D eigenvalue weighted by atomic mass is 9.59. The molecular weight excluding hydrogens is 1150 g/mol. The number of piperazine rings is 1. The van der Waals surface area contributed by atoms with Crippen molar-refractivity contribution in [1.82, 2.24) is 29.5 Å². The van der Waals surface area contributed by atoms with Gasteiger partial charge in [0.15, 0.2) is 11.6 Å². The fraction of sp³-hybridized carbons (Fsp3) is 0.540. The van der Waals surface area contributed by atoms with E-state index in [1.165, 1.54) is 28.8 Å². The lowest BCUT2D eigenvalue weighted by Gasteiger charge is -2.58. The Balaban J connectivity index is 0.745. The van der Waals surface area contributed by atoms with Gasteiger partial charge in [-0.3, -0.25) is 24.7 Å². The molecule has 87 heavy (non-hydrogen) atoms. The highest BCUT2D eigenvalue weighted by molar-refractivity contribution is 7.90. The van der Waals surface area contributed by atoms with Crippen LogP contribution < -0.4 is 34.2 Å². The molecule has 0 bridgehead atoms. The number of rotatable bonds is 16. The van der Waals surface area contributed by atoms with Gasteiger partial charge in [0.25, 0.3) is 21.6 Å². The van der Waals surface area contributed by atoms with Crippen LogP contribution >= 0.6 is 11.3 Å². The minimum absolute atomic E-state index is 0.0173. The number of methoxy groups -OCH3 is 1. The van der Waals surface area contributed by atoms with Gasteiger partial charge >= 0.3 is 0 Å². The van der Waals surface area contributed by atoms with E-state index in [0.717, 1.165) is 120 Å². The molecule has 2 aliphatic carbocycles. The molecule has 4 N–H and O–H groups in total. The number of nitro benzene ring substituents is 1. The zero-order chi connectivity index (χ0) is 60.4. The number of carbonyl (C=O) groups excluding carboxylic acids is 1. The first-order chi connectivity index (χ1) is 41.9. The van der Waals surface area contributed by atoms with Gasteiger partial charge in [-0.1, -0.05) is 13.8 Å². The lowest BCUT2D eigenvalue weighted by molar-refractivity contribution is -0.384. The van der Waals surface area contributed by atoms with Gasteiger partial charge in [0, 0.05) is 101 Å². The van der Waals surface area contributed by atoms with Crippen LogP contribution in [0, 0.1) is 27.3 Å². The van der Waals surface area contributed by atoms with Crippen molar-refractivity contribution in [2.24, 2.45) is 11.3 Å². The third-order valence-corrected chi connectivity index (χ3v) is 22.0. The number of H-pyrrole nitrogens is 1. The van der Waals surface area contributed by atoms with Crippen molar-refractivity contribution in [3.8, 4) is 11.6 Å². The maximum atomic E-state index is 15.5. The van der Waals surface area contributed by atoms with Gasteiger partial charge < -0.3 is 49.1 Å². The van der Waals surface area contributed by atoms with Crippen LogP contribution in [0.5, 0.6) is 11.6 Å². The number of pyridine rings is 2. The number of fused-ring (bicyclic) bond motifs is 3. The number of morpholine rings is 1. The van der Waals surface area contributed by atoms with Crippen molar-refractivity contribution in [3.63, 3.8) is 0 Å². The van der Waals surface area contributed by atoms with Gasteiger partial charge in [0.1, 0.15) is 28.9 Å². The van der Waals surface area contributed by atoms with Crippen LogP contribution in [0.1, 0.15) is 117 Å². The number of amides is 1. The topological polar surface area (TPSA) is 233 Å². The summed E-state index contributed by atoms with van der Waals surface area (Å²) in [5.41, 5.74) is 3.59. The molecular formula is C63H78FN11O10S2. The second kappa shape index (κ2) is 24.0. The Morgan fingerprint density at radius 3 is 2.52 bits per heavy atom. The largest absolute Gasteiger partial charge is 0.493 e. The van der Waals surface area contributed by atoms with Crippen LogP contribution in [0.25, 0.3) is 11.0 Å². The summed E-state index contributed by atoms with van der Waals surface area (Å²) in [5.74, 6) is 0.962. The SMILES string of the molecule is COc1cc(CN2CCN(C3CC4(CCN(c5ccc(C(=O)NS(=O)(=O)c6ccc(NC[C@H]7CC[C@](C)(O)CC7)c([N+](=O)[O-])c6)c(N6c7cc8c(F)c[nH]c8nc7O[C@H]7COCC[C@@H]76)c5)CC4)C3)[C@H](c3sccc3C(C)C)C2)cnc1N1CCOCC1. The maximum Gasteiger partial charge on any atom is 0.293 e. The number of aromatic amines is 1. The number of carbonyl (C=O) groups is 1. The predicted octanol–water partition coefficient (Wildman–Crippen LogP) is 9.50. The molecule has 5 aliphatic heterocycles. The van der Waals surface area contributed by atoms with Gasteiger partial charge in [0.05, 0.1) is 71.1 Å². The van der Waals surface area contributed by atoms with Crippen LogP contribution in [-0.4, -0.2) is 159 Å². The quantitative estimate of drug-likeness (QED) is 0.0522. The number of nitrogens with zero attached hydrogens (tertiary/aromatic N) is 8. The second-order valence-corrected chi connectivity index (χ2v) is 28.2. The molecule has 9 heterocycles. The van der Waals surface area contributed by atoms with Crippen molar-refractivity contribution >= 4 is 72.6 Å². The number of aromatic nitrogens is 3. The Morgan fingerprint density at radius 1 is 0.966 bits per heavy atom. The van der Waals surface area contributed by atoms with Crippen LogP contribution in [0.4, 0.5) is 38.6 Å². The van der Waals surface area contributed by atoms with Crippen LogP contribution in [0.2, 0.25) is 0 Å². The van der Waals surface area contributed by atoms with E-state index in [1.54, 1.807) is 19.2 Å². The normalized spacial score (nSPS) is 24.6. The Kier molecular flexibility index (Phi) is 16.4. The average Bonchev–Trinajstić information content (AvgIpc) is 1.56. The fourth-order valence-electron chi connectivity index (χ4n) is 14.6. The molecule has 6 fully saturated rings. The molecule has 6 aromatic rings. The molecule has 4 saturated heterocycles. The first-order valence-corrected chi connectivity index (χ1v) is 33.1. The van der Waals surface area contributed by atoms with E-state index < -0.39 is 55.0 Å². The first-order valence-electron chi connectivity index (χ1n) is 30.8. The summed E-state index contributed by atoms with van der Waals surface area (Å²) in [6, 6.07) is 15.3. The number of ether oxygens (including phenoxy) is 4. The maximum absolute atomic E-state index is 15.5. The van der Waals surface area contributed by atoms with E-state index in [4.69, 9.17) is 28.9 Å². The number of sulfonamides is 1. The van der Waals surface area contributed by atoms with Crippen molar-refractivity contribution in [2.75, 3.05) is 106 Å². The van der Waals surface area contributed by atoms with Gasteiger partial charge in [0.2, 0.25) is 5.88 Å². The number of thiophene rings is 1. The Morgan fingerprint density at radius 2 is 1.76 bits per heavy atom. The summed E-state index contributed by atoms with van der Waals surface area (Å²) in [6.07, 6.45) is 10.0. The number of benzene rings is 2. The number of halogens is 1. The Hall–Kier alpha value is -6.67. The smallest absolute Gasteiger partial charge is 0.293 e. The number of hydrogen-bond donors (Lipinski definition) is 4. The molecule has 13 rings (SSSR count). The molecule has 0 radical (unpaired) electrons. The molecule has 464 valence electrons. The Labute approximate surface area is 510 Å². The monoisotopic (exact) mass is 1230 g/mol. The zero-order valence-corrected chi connectivity index (χ0v) is 51.5. The molecule has 3 atom stereocenters. The highest BCUT2D eigenvalue weighted by atomic mass is 32.2. The molecule has 1 spiro atoms. The van der Waals surface area contributed by atoms with Gasteiger partial charge in [-0.25, -0.2) is 22.5 Å². The van der Waals surface area contributed by atoms with Gasteiger partial charge in [-0.15, -0.1) is 11.3 Å². The summed E-state index contributed by atoms with van der Waals surface area (Å²) in [5, 5.41) is 28.5. The van der Waals surface area contributed by atoms with E-state index in [9.17, 15) is 28.4 Å². The number of nitro groups is 1. The summed E-state index contributed by atoms with van der Waals surface area (Å²) >= 11 is 1.88. The van der Waals surface area contributed by atoms with Crippen molar-refractivity contribution in [1.29, 1.82) is 0 Å². The van der Waals surface area contributed by atoms with E-state index in [2.05, 4.69) is 66.0 Å². The molecule has 21 nitrogen and oxygen atoms in total. The Bertz CT molecular complexity index is 3640. The van der Waals surface area contributed by atoms with Crippen LogP contribution in [0.15, 0.2) is 77.3 Å². The van der Waals surface area contributed by atoms with E-state index >= 15 is 4.39 Å². The summed E-state index contributed by atoms with van der Waals surface area (Å²) in [7, 11) is -2.98. The summed E-state index contributed by atoms with van der Waals surface area (Å²) in [4.78, 5) is 52.1. The molecule has 2 aromatic carbocycles. The number of hydrogen-bond acceptors (Lipinski definition) is 19. The highest BCUT2D eigenvalue weighted by Crippen LogP contribution is 2.54. The first kappa shape index (κ1) is 59.3. The lowest BCUT2D eigenvalue weighted by Crippen LogP contribution is -2.59. The number of aliphatic hydroxyl groups is 1. The van der Waals surface area contributed by atoms with E-state index in [0.29, 0.717) is 69.0 Å². The number of nitrogens with one attached hydrogen (secondary N) is 3. The van der Waals surface area contributed by atoms with Crippen molar-refractivity contribution < 1.29 is 46.6 Å². The third-order valence-electron chi connectivity index (χ3n) is 19.6. The number of piperidine rings is 1. The summed E-state index contributed by atoms with van der Waals surface area (Å²) in [6.45, 7) is 15.4. The predicted molar refractivity (Wildman–Crippen MR) is 331 cm³/mol. The van der Waals surface area contributed by atoms with E-state index in [-0.39, 0.29) is 52.1 Å². The minimum atomic E-state index is -4.70. The van der Waals surface area contributed by atoms with Crippen LogP contribution in [-0.2, 0) is 26.0 Å². The second-order valence-electron chi connectivity index (χ2n) is 25.6. The van der Waals surface area contributed by atoms with Crippen molar-refractivity contribution in [2.45, 2.75) is 126 Å². The van der Waals surface area contributed by atoms with E-state index in [1.807, 2.05) is 41.5 Å². The third kappa shape index (κ3) is 11.9. The number of anilines is 5. The molecule has 7 aliphatic rings. The van der Waals surface area contributed by atoms with Gasteiger partial charge in [-0.2, -0.15) is 4.98 Å². The molecule has 1 amide bonds. The molecule has 24 heteroatoms. The van der Waals surface area contributed by atoms with Gasteiger partial charge in [-0.05, 0) is 147 Å². The fourth-order valence-corrected chi connectivity index (χ4v) is 16.8. The minimum Gasteiger partial charge on any atom is -0.493 e. The zero-order valence-electron chi connectivity index (χ0n) is 49.8. The summed E-state index contributed by atoms with van der Waals surface area (Å²) < 4.78 is 70.2.